The molecule has 152 valence electrons. The van der Waals surface area contributed by atoms with Gasteiger partial charge in [-0.05, 0) is 62.0 Å². The zero-order valence-corrected chi connectivity index (χ0v) is 16.8. The van der Waals surface area contributed by atoms with E-state index in [4.69, 9.17) is 4.42 Å². The van der Waals surface area contributed by atoms with Crippen LogP contribution < -0.4 is 0 Å². The largest absolute Gasteiger partial charge is 0.429 e. The second kappa shape index (κ2) is 7.92. The van der Waals surface area contributed by atoms with Crippen LogP contribution in [0.15, 0.2) is 69.7 Å². The van der Waals surface area contributed by atoms with Gasteiger partial charge in [-0.3, -0.25) is 4.98 Å². The molecule has 0 aliphatic rings. The monoisotopic (exact) mass is 426 g/mol. The Morgan fingerprint density at radius 3 is 2.13 bits per heavy atom. The molecule has 0 fully saturated rings. The van der Waals surface area contributed by atoms with Crippen LogP contribution in [0.2, 0.25) is 0 Å². The first-order valence-corrected chi connectivity index (χ1v) is 9.73. The number of oxazole rings is 1. The fourth-order valence-electron chi connectivity index (χ4n) is 2.61. The third kappa shape index (κ3) is 4.37. The Morgan fingerprint density at radius 1 is 0.867 bits per heavy atom. The summed E-state index contributed by atoms with van der Waals surface area (Å²) in [5, 5.41) is 10.8. The molecule has 0 saturated heterocycles. The number of aliphatic hydroxyl groups is 1. The van der Waals surface area contributed by atoms with Crippen LogP contribution in [0, 0.1) is 11.6 Å². The molecule has 0 unspecified atom stereocenters. The first-order valence-electron chi connectivity index (χ1n) is 8.91. The van der Waals surface area contributed by atoms with Crippen molar-refractivity contribution in [3.63, 3.8) is 0 Å². The van der Waals surface area contributed by atoms with Crippen molar-refractivity contribution in [2.75, 3.05) is 0 Å². The van der Waals surface area contributed by atoms with E-state index in [1.54, 1.807) is 44.3 Å². The highest BCUT2D eigenvalue weighted by molar-refractivity contribution is 7.99. The van der Waals surface area contributed by atoms with Crippen LogP contribution in [-0.2, 0) is 5.60 Å². The highest BCUT2D eigenvalue weighted by atomic mass is 32.2. The second-order valence-electron chi connectivity index (χ2n) is 6.94. The van der Waals surface area contributed by atoms with Gasteiger partial charge in [0.1, 0.15) is 17.1 Å². The Balaban J connectivity index is 1.76. The van der Waals surface area contributed by atoms with Crippen LogP contribution in [-0.4, -0.2) is 25.0 Å². The fraction of sp³-hybridized carbons (Fsp3) is 0.143. The molecule has 3 heterocycles. The molecule has 0 spiro atoms. The van der Waals surface area contributed by atoms with Crippen LogP contribution >= 0.6 is 11.8 Å². The summed E-state index contributed by atoms with van der Waals surface area (Å²) in [7, 11) is 0. The van der Waals surface area contributed by atoms with E-state index in [2.05, 4.69) is 19.9 Å². The van der Waals surface area contributed by atoms with Gasteiger partial charge in [-0.2, -0.15) is 0 Å². The van der Waals surface area contributed by atoms with E-state index < -0.39 is 11.4 Å². The van der Waals surface area contributed by atoms with E-state index in [9.17, 15) is 13.9 Å². The van der Waals surface area contributed by atoms with E-state index in [0.29, 0.717) is 27.6 Å². The molecule has 1 N–H and O–H groups in total. The number of nitrogens with zero attached hydrogens (tertiary/aromatic N) is 4. The second-order valence-corrected chi connectivity index (χ2v) is 7.88. The van der Waals surface area contributed by atoms with Crippen molar-refractivity contribution in [2.24, 2.45) is 0 Å². The van der Waals surface area contributed by atoms with E-state index in [1.807, 2.05) is 0 Å². The summed E-state index contributed by atoms with van der Waals surface area (Å²) in [6.45, 7) is 3.29. The van der Waals surface area contributed by atoms with Gasteiger partial charge in [0, 0.05) is 17.3 Å². The summed E-state index contributed by atoms with van der Waals surface area (Å²) in [6, 6.07) is 9.21. The lowest BCUT2D eigenvalue weighted by atomic mass is 10.0. The lowest BCUT2D eigenvalue weighted by Gasteiger charge is -2.16. The predicted molar refractivity (Wildman–Crippen MR) is 106 cm³/mol. The smallest absolute Gasteiger partial charge is 0.228 e. The van der Waals surface area contributed by atoms with Crippen molar-refractivity contribution < 1.29 is 18.3 Å². The standard InChI is InChI=1S/C21H16F2N4O2S/c1-21(2,28)16-8-5-13(9-24-16)17-19(30-20-25-10-15(23)11-26-20)29-18(27-17)12-3-6-14(22)7-4-12/h3-11,28H,1-2H3. The van der Waals surface area contributed by atoms with Crippen molar-refractivity contribution in [1.82, 2.24) is 19.9 Å². The van der Waals surface area contributed by atoms with Crippen LogP contribution in [0.4, 0.5) is 8.78 Å². The third-order valence-electron chi connectivity index (χ3n) is 4.13. The molecule has 9 heteroatoms. The summed E-state index contributed by atoms with van der Waals surface area (Å²) in [5.41, 5.74) is 1.13. The Kier molecular flexibility index (Phi) is 5.31. The summed E-state index contributed by atoms with van der Waals surface area (Å²) in [5.74, 6) is -0.636. The number of benzene rings is 1. The minimum Gasteiger partial charge on any atom is -0.429 e. The van der Waals surface area contributed by atoms with Gasteiger partial charge in [-0.25, -0.2) is 23.7 Å². The molecule has 1 aromatic carbocycles. The Labute approximate surface area is 175 Å². The number of hydrogen-bond acceptors (Lipinski definition) is 7. The molecule has 0 radical (unpaired) electrons. The summed E-state index contributed by atoms with van der Waals surface area (Å²) < 4.78 is 32.3. The highest BCUT2D eigenvalue weighted by Crippen LogP contribution is 2.38. The van der Waals surface area contributed by atoms with Crippen molar-refractivity contribution >= 4 is 11.8 Å². The molecule has 4 aromatic rings. The summed E-state index contributed by atoms with van der Waals surface area (Å²) in [4.78, 5) is 16.7. The minimum atomic E-state index is -1.08. The molecule has 3 aromatic heterocycles. The van der Waals surface area contributed by atoms with Gasteiger partial charge in [-0.1, -0.05) is 0 Å². The normalized spacial score (nSPS) is 11.6. The predicted octanol–water partition coefficient (Wildman–Crippen LogP) is 4.85. The molecule has 6 nitrogen and oxygen atoms in total. The topological polar surface area (TPSA) is 84.9 Å². The number of pyridine rings is 1. The van der Waals surface area contributed by atoms with Gasteiger partial charge in [0.25, 0.3) is 0 Å². The van der Waals surface area contributed by atoms with Crippen LogP contribution in [0.5, 0.6) is 0 Å². The number of halogens is 2. The van der Waals surface area contributed by atoms with Gasteiger partial charge in [0.15, 0.2) is 16.1 Å². The maximum absolute atomic E-state index is 13.3. The maximum Gasteiger partial charge on any atom is 0.228 e. The molecule has 0 bridgehead atoms. The summed E-state index contributed by atoms with van der Waals surface area (Å²) in [6.07, 6.45) is 3.70. The zero-order valence-electron chi connectivity index (χ0n) is 16.0. The van der Waals surface area contributed by atoms with Crippen molar-refractivity contribution in [3.05, 3.63) is 72.3 Å². The quantitative estimate of drug-likeness (QED) is 0.457. The van der Waals surface area contributed by atoms with E-state index >= 15 is 0 Å². The Hall–Kier alpha value is -3.17. The van der Waals surface area contributed by atoms with Gasteiger partial charge in [0.2, 0.25) is 5.89 Å². The average molecular weight is 426 g/mol. The van der Waals surface area contributed by atoms with Crippen LogP contribution in [0.25, 0.3) is 22.7 Å². The average Bonchev–Trinajstić information content (AvgIpc) is 3.13. The SMILES string of the molecule is CC(C)(O)c1ccc(-c2nc(-c3ccc(F)cc3)oc2Sc2ncc(F)cn2)cn1. The molecule has 30 heavy (non-hydrogen) atoms. The van der Waals surface area contributed by atoms with Crippen LogP contribution in [0.3, 0.4) is 0 Å². The highest BCUT2D eigenvalue weighted by Gasteiger charge is 2.21. The molecule has 0 aliphatic heterocycles. The number of aromatic nitrogens is 4. The van der Waals surface area contributed by atoms with E-state index in [1.165, 1.54) is 12.1 Å². The zero-order chi connectivity index (χ0) is 21.3. The molecular formula is C21H16F2N4O2S. The van der Waals surface area contributed by atoms with Crippen molar-refractivity contribution in [2.45, 2.75) is 29.7 Å². The van der Waals surface area contributed by atoms with Gasteiger partial charge in [0.05, 0.1) is 18.1 Å². The first kappa shape index (κ1) is 20.1. The molecule has 0 aliphatic carbocycles. The number of rotatable bonds is 5. The van der Waals surface area contributed by atoms with Gasteiger partial charge >= 0.3 is 0 Å². The van der Waals surface area contributed by atoms with Crippen molar-refractivity contribution in [1.29, 1.82) is 0 Å². The van der Waals surface area contributed by atoms with Crippen molar-refractivity contribution in [3.8, 4) is 22.7 Å². The third-order valence-corrected chi connectivity index (χ3v) is 4.99. The fourth-order valence-corrected chi connectivity index (χ4v) is 3.36. The van der Waals surface area contributed by atoms with E-state index in [0.717, 1.165) is 24.2 Å². The van der Waals surface area contributed by atoms with Gasteiger partial charge < -0.3 is 9.52 Å². The lowest BCUT2D eigenvalue weighted by molar-refractivity contribution is 0.0739. The summed E-state index contributed by atoms with van der Waals surface area (Å²) >= 11 is 1.08. The van der Waals surface area contributed by atoms with E-state index in [-0.39, 0.29) is 16.9 Å². The maximum atomic E-state index is 13.3. The molecule has 0 saturated carbocycles. The Morgan fingerprint density at radius 2 is 1.53 bits per heavy atom. The lowest BCUT2D eigenvalue weighted by Crippen LogP contribution is -2.17. The first-order chi connectivity index (χ1) is 14.3. The minimum absolute atomic E-state index is 0.278. The molecule has 0 amide bonds. The van der Waals surface area contributed by atoms with Gasteiger partial charge in [-0.15, -0.1) is 0 Å². The molecule has 4 rings (SSSR count). The number of hydrogen-bond donors (Lipinski definition) is 1. The van der Waals surface area contributed by atoms with Crippen LogP contribution in [0.1, 0.15) is 19.5 Å². The molecular weight excluding hydrogens is 410 g/mol. The Bertz CT molecular complexity index is 1160. The molecule has 0 atom stereocenters.